The van der Waals surface area contributed by atoms with Crippen molar-refractivity contribution in [1.82, 2.24) is 24.7 Å². The highest BCUT2D eigenvalue weighted by molar-refractivity contribution is 7.99. The first-order valence-corrected chi connectivity index (χ1v) is 8.61. The monoisotopic (exact) mass is 380 g/mol. The number of alkyl halides is 3. The van der Waals surface area contributed by atoms with E-state index in [0.29, 0.717) is 17.2 Å². The van der Waals surface area contributed by atoms with E-state index in [1.807, 2.05) is 6.92 Å². The molecule has 136 valence electrons. The molecule has 0 radical (unpaired) electrons. The second-order valence-electron chi connectivity index (χ2n) is 5.38. The van der Waals surface area contributed by atoms with Crippen LogP contribution in [-0.2, 0) is 13.2 Å². The summed E-state index contributed by atoms with van der Waals surface area (Å²) >= 11 is 1.54. The number of hydrogen-bond donors (Lipinski definition) is 1. The van der Waals surface area contributed by atoms with Gasteiger partial charge in [0.1, 0.15) is 11.4 Å². The molecular formula is C16H15F3N6S. The third-order valence-electron chi connectivity index (χ3n) is 3.58. The maximum Gasteiger partial charge on any atom is 0.416 e. The van der Waals surface area contributed by atoms with Crippen molar-refractivity contribution in [2.45, 2.75) is 18.0 Å². The molecule has 0 saturated carbocycles. The van der Waals surface area contributed by atoms with Gasteiger partial charge in [0.25, 0.3) is 0 Å². The fourth-order valence-electron chi connectivity index (χ4n) is 2.38. The number of anilines is 1. The van der Waals surface area contributed by atoms with Crippen LogP contribution in [0.3, 0.4) is 0 Å². The summed E-state index contributed by atoms with van der Waals surface area (Å²) in [6, 6.07) is 3.65. The van der Waals surface area contributed by atoms with E-state index in [4.69, 9.17) is 5.73 Å². The molecule has 0 aliphatic carbocycles. The van der Waals surface area contributed by atoms with E-state index >= 15 is 0 Å². The van der Waals surface area contributed by atoms with Gasteiger partial charge in [0.2, 0.25) is 0 Å². The van der Waals surface area contributed by atoms with Crippen molar-refractivity contribution in [1.29, 1.82) is 0 Å². The summed E-state index contributed by atoms with van der Waals surface area (Å²) in [5.41, 5.74) is 6.17. The lowest BCUT2D eigenvalue weighted by Gasteiger charge is -2.09. The quantitative estimate of drug-likeness (QED) is 0.696. The van der Waals surface area contributed by atoms with Crippen molar-refractivity contribution in [3.8, 4) is 23.0 Å². The molecule has 0 aliphatic rings. The van der Waals surface area contributed by atoms with Crippen LogP contribution in [0.5, 0.6) is 0 Å². The molecule has 3 heterocycles. The van der Waals surface area contributed by atoms with Crippen LogP contribution in [0.15, 0.2) is 35.5 Å². The van der Waals surface area contributed by atoms with E-state index in [-0.39, 0.29) is 11.5 Å². The van der Waals surface area contributed by atoms with Crippen LogP contribution in [0, 0.1) is 0 Å². The number of aromatic nitrogens is 5. The van der Waals surface area contributed by atoms with Gasteiger partial charge in [-0.15, -0.1) is 22.0 Å². The maximum absolute atomic E-state index is 12.9. The predicted molar refractivity (Wildman–Crippen MR) is 93.3 cm³/mol. The van der Waals surface area contributed by atoms with Crippen LogP contribution in [0.25, 0.3) is 23.0 Å². The lowest BCUT2D eigenvalue weighted by atomic mass is 10.2. The zero-order valence-electron chi connectivity index (χ0n) is 13.9. The van der Waals surface area contributed by atoms with Gasteiger partial charge in [0.15, 0.2) is 11.6 Å². The van der Waals surface area contributed by atoms with Crippen molar-refractivity contribution >= 4 is 17.4 Å². The Balaban J connectivity index is 2.07. The fraction of sp³-hybridized carbons (Fsp3) is 0.250. The topological polar surface area (TPSA) is 82.5 Å². The number of pyridine rings is 2. The molecule has 0 bridgehead atoms. The molecule has 26 heavy (non-hydrogen) atoms. The SMILES string of the molecule is CCSc1cc(N)cnc1-c1nnc(-c2cc(C(F)(F)F)ccn2)n1C. The van der Waals surface area contributed by atoms with E-state index < -0.39 is 11.7 Å². The number of nitrogens with two attached hydrogens (primary N) is 1. The minimum absolute atomic E-state index is 0.0845. The lowest BCUT2D eigenvalue weighted by Crippen LogP contribution is -2.06. The Morgan fingerprint density at radius 2 is 1.88 bits per heavy atom. The van der Waals surface area contributed by atoms with Gasteiger partial charge in [-0.2, -0.15) is 13.2 Å². The van der Waals surface area contributed by atoms with Crippen LogP contribution < -0.4 is 5.73 Å². The third kappa shape index (κ3) is 3.50. The van der Waals surface area contributed by atoms with Crippen molar-refractivity contribution in [3.63, 3.8) is 0 Å². The highest BCUT2D eigenvalue weighted by Gasteiger charge is 2.31. The molecule has 3 aromatic heterocycles. The van der Waals surface area contributed by atoms with Gasteiger partial charge in [-0.3, -0.25) is 4.98 Å². The normalized spacial score (nSPS) is 11.7. The van der Waals surface area contributed by atoms with Crippen molar-refractivity contribution in [2.24, 2.45) is 7.05 Å². The van der Waals surface area contributed by atoms with Gasteiger partial charge < -0.3 is 10.3 Å². The summed E-state index contributed by atoms with van der Waals surface area (Å²) in [6.07, 6.45) is -1.85. The van der Waals surface area contributed by atoms with Crippen molar-refractivity contribution < 1.29 is 13.2 Å². The van der Waals surface area contributed by atoms with Crippen LogP contribution >= 0.6 is 11.8 Å². The number of nitrogens with zero attached hydrogens (tertiary/aromatic N) is 5. The summed E-state index contributed by atoms with van der Waals surface area (Å²) < 4.78 is 40.4. The van der Waals surface area contributed by atoms with Crippen LogP contribution in [0.4, 0.5) is 18.9 Å². The first-order valence-electron chi connectivity index (χ1n) is 7.63. The Hall–Kier alpha value is -2.62. The van der Waals surface area contributed by atoms with Gasteiger partial charge in [-0.1, -0.05) is 6.92 Å². The molecule has 0 spiro atoms. The molecule has 3 rings (SSSR count). The van der Waals surface area contributed by atoms with Crippen molar-refractivity contribution in [3.05, 3.63) is 36.2 Å². The van der Waals surface area contributed by atoms with Crippen LogP contribution in [0.2, 0.25) is 0 Å². The molecule has 6 nitrogen and oxygen atoms in total. The van der Waals surface area contributed by atoms with E-state index in [2.05, 4.69) is 20.2 Å². The number of halogens is 3. The average Bonchev–Trinajstić information content (AvgIpc) is 2.96. The highest BCUT2D eigenvalue weighted by atomic mass is 32.2. The number of hydrogen-bond acceptors (Lipinski definition) is 6. The number of nitrogen functional groups attached to an aromatic ring is 1. The molecule has 0 aromatic carbocycles. The minimum atomic E-state index is -4.46. The standard InChI is InChI=1S/C16H15F3N6S/c1-3-26-12-7-10(20)8-22-13(12)15-24-23-14(25(15)2)11-6-9(4-5-21-11)16(17,18)19/h4-8H,3,20H2,1-2H3. The van der Waals surface area contributed by atoms with Gasteiger partial charge in [0, 0.05) is 18.1 Å². The minimum Gasteiger partial charge on any atom is -0.397 e. The molecule has 0 aliphatic heterocycles. The van der Waals surface area contributed by atoms with Crippen molar-refractivity contribution in [2.75, 3.05) is 11.5 Å². The van der Waals surface area contributed by atoms with Gasteiger partial charge in [0.05, 0.1) is 17.4 Å². The van der Waals surface area contributed by atoms with Gasteiger partial charge in [-0.25, -0.2) is 4.98 Å². The van der Waals surface area contributed by atoms with E-state index in [0.717, 1.165) is 29.0 Å². The Kier molecular flexibility index (Phi) is 4.86. The van der Waals surface area contributed by atoms with E-state index in [9.17, 15) is 13.2 Å². The van der Waals surface area contributed by atoms with E-state index in [1.165, 1.54) is 6.20 Å². The van der Waals surface area contributed by atoms with E-state index in [1.54, 1.807) is 29.4 Å². The summed E-state index contributed by atoms with van der Waals surface area (Å²) in [4.78, 5) is 9.14. The maximum atomic E-state index is 12.9. The molecule has 3 aromatic rings. The van der Waals surface area contributed by atoms with Gasteiger partial charge in [-0.05, 0) is 24.0 Å². The fourth-order valence-corrected chi connectivity index (χ4v) is 3.19. The average molecular weight is 380 g/mol. The summed E-state index contributed by atoms with van der Waals surface area (Å²) in [5, 5.41) is 8.11. The molecule has 0 unspecified atom stereocenters. The Morgan fingerprint density at radius 3 is 2.58 bits per heavy atom. The Labute approximate surface area is 151 Å². The molecule has 0 fully saturated rings. The molecule has 0 saturated heterocycles. The first kappa shape index (κ1) is 18.2. The Morgan fingerprint density at radius 1 is 1.15 bits per heavy atom. The zero-order chi connectivity index (χ0) is 18.9. The molecule has 0 atom stereocenters. The summed E-state index contributed by atoms with van der Waals surface area (Å²) in [7, 11) is 1.66. The predicted octanol–water partition coefficient (Wildman–Crippen LogP) is 3.65. The number of rotatable bonds is 4. The smallest absolute Gasteiger partial charge is 0.397 e. The molecule has 10 heteroatoms. The first-order chi connectivity index (χ1) is 12.3. The second-order valence-corrected chi connectivity index (χ2v) is 6.69. The molecule has 2 N–H and O–H groups in total. The largest absolute Gasteiger partial charge is 0.416 e. The molecular weight excluding hydrogens is 365 g/mol. The highest BCUT2D eigenvalue weighted by Crippen LogP contribution is 2.33. The van der Waals surface area contributed by atoms with Crippen LogP contribution in [-0.4, -0.2) is 30.5 Å². The second kappa shape index (κ2) is 6.94. The molecule has 0 amide bonds. The lowest BCUT2D eigenvalue weighted by molar-refractivity contribution is -0.137. The Bertz CT molecular complexity index is 938. The van der Waals surface area contributed by atoms with Gasteiger partial charge >= 0.3 is 6.18 Å². The third-order valence-corrected chi connectivity index (χ3v) is 4.49. The summed E-state index contributed by atoms with van der Waals surface area (Å²) in [6.45, 7) is 1.99. The summed E-state index contributed by atoms with van der Waals surface area (Å²) in [5.74, 6) is 1.45. The zero-order valence-corrected chi connectivity index (χ0v) is 14.8. The van der Waals surface area contributed by atoms with Crippen LogP contribution in [0.1, 0.15) is 12.5 Å². The number of thioether (sulfide) groups is 1.